The molecule has 1 aromatic carbocycles. The van der Waals surface area contributed by atoms with E-state index in [-0.39, 0.29) is 0 Å². The van der Waals surface area contributed by atoms with Gasteiger partial charge in [-0.3, -0.25) is 0 Å². The summed E-state index contributed by atoms with van der Waals surface area (Å²) >= 11 is 5.91. The lowest BCUT2D eigenvalue weighted by Gasteiger charge is -2.09. The molecule has 0 aromatic heterocycles. The molecular weight excluding hydrogens is 242 g/mol. The van der Waals surface area contributed by atoms with E-state index in [1.807, 2.05) is 12.1 Å². The average Bonchev–Trinajstić information content (AvgIpc) is 2.34. The summed E-state index contributed by atoms with van der Waals surface area (Å²) in [4.78, 5) is 0. The highest BCUT2D eigenvalue weighted by molar-refractivity contribution is 6.30. The summed E-state index contributed by atoms with van der Waals surface area (Å²) in [5, 5.41) is 0.670. The van der Waals surface area contributed by atoms with Gasteiger partial charge in [0.2, 0.25) is 0 Å². The zero-order valence-corrected chi connectivity index (χ0v) is 10.7. The zero-order valence-electron chi connectivity index (χ0n) is 9.95. The third-order valence-electron chi connectivity index (χ3n) is 2.13. The standard InChI is InChI=1S/C12H18ClNO3/c1-15-12-3-2-11(13)8-10(12)9-17-7-6-16-5-4-14/h2-3,8H,4-7,9,14H2,1H3. The molecule has 17 heavy (non-hydrogen) atoms. The van der Waals surface area contributed by atoms with Crippen LogP contribution in [0.15, 0.2) is 18.2 Å². The molecule has 1 aromatic rings. The van der Waals surface area contributed by atoms with Crippen molar-refractivity contribution in [3.63, 3.8) is 0 Å². The molecule has 96 valence electrons. The van der Waals surface area contributed by atoms with Crippen LogP contribution < -0.4 is 10.5 Å². The van der Waals surface area contributed by atoms with E-state index in [0.717, 1.165) is 11.3 Å². The highest BCUT2D eigenvalue weighted by Gasteiger charge is 2.03. The van der Waals surface area contributed by atoms with Gasteiger partial charge in [0.05, 0.1) is 33.5 Å². The fourth-order valence-corrected chi connectivity index (χ4v) is 1.54. The number of hydrogen-bond acceptors (Lipinski definition) is 4. The lowest BCUT2D eigenvalue weighted by molar-refractivity contribution is 0.0427. The second-order valence-corrected chi connectivity index (χ2v) is 3.85. The number of halogens is 1. The van der Waals surface area contributed by atoms with Gasteiger partial charge in [-0.1, -0.05) is 11.6 Å². The molecule has 0 heterocycles. The van der Waals surface area contributed by atoms with E-state index in [9.17, 15) is 0 Å². The Hall–Kier alpha value is -0.810. The first-order chi connectivity index (χ1) is 8.27. The highest BCUT2D eigenvalue weighted by Crippen LogP contribution is 2.23. The molecule has 2 N–H and O–H groups in total. The molecule has 0 spiro atoms. The Morgan fingerprint density at radius 3 is 2.65 bits per heavy atom. The molecule has 0 unspecified atom stereocenters. The summed E-state index contributed by atoms with van der Waals surface area (Å²) in [7, 11) is 1.62. The van der Waals surface area contributed by atoms with E-state index in [1.165, 1.54) is 0 Å². The van der Waals surface area contributed by atoms with E-state index >= 15 is 0 Å². The summed E-state index contributed by atoms with van der Waals surface area (Å²) in [5.74, 6) is 0.775. The molecule has 0 amide bonds. The van der Waals surface area contributed by atoms with Crippen LogP contribution >= 0.6 is 11.6 Å². The SMILES string of the molecule is COc1ccc(Cl)cc1COCCOCCN. The number of ether oxygens (including phenoxy) is 3. The lowest BCUT2D eigenvalue weighted by Crippen LogP contribution is -2.12. The largest absolute Gasteiger partial charge is 0.496 e. The zero-order chi connectivity index (χ0) is 12.5. The smallest absolute Gasteiger partial charge is 0.124 e. The van der Waals surface area contributed by atoms with Crippen molar-refractivity contribution < 1.29 is 14.2 Å². The molecule has 0 aliphatic carbocycles. The first kappa shape index (κ1) is 14.3. The average molecular weight is 260 g/mol. The molecule has 0 saturated heterocycles. The van der Waals surface area contributed by atoms with Gasteiger partial charge >= 0.3 is 0 Å². The van der Waals surface area contributed by atoms with Crippen molar-refractivity contribution in [2.45, 2.75) is 6.61 Å². The highest BCUT2D eigenvalue weighted by atomic mass is 35.5. The Kier molecular flexibility index (Phi) is 6.96. The monoisotopic (exact) mass is 259 g/mol. The topological polar surface area (TPSA) is 53.7 Å². The van der Waals surface area contributed by atoms with Gasteiger partial charge in [0, 0.05) is 17.1 Å². The lowest BCUT2D eigenvalue weighted by atomic mass is 10.2. The third-order valence-corrected chi connectivity index (χ3v) is 2.37. The van der Waals surface area contributed by atoms with Crippen LogP contribution in [-0.2, 0) is 16.1 Å². The van der Waals surface area contributed by atoms with Gasteiger partial charge in [-0.15, -0.1) is 0 Å². The van der Waals surface area contributed by atoms with Crippen molar-refractivity contribution >= 4 is 11.6 Å². The van der Waals surface area contributed by atoms with Gasteiger partial charge in [-0.25, -0.2) is 0 Å². The maximum Gasteiger partial charge on any atom is 0.124 e. The molecular formula is C12H18ClNO3. The van der Waals surface area contributed by atoms with Crippen molar-refractivity contribution in [1.29, 1.82) is 0 Å². The Bertz CT molecular complexity index is 334. The second-order valence-electron chi connectivity index (χ2n) is 3.41. The summed E-state index contributed by atoms with van der Waals surface area (Å²) < 4.78 is 15.9. The molecule has 0 saturated carbocycles. The number of rotatable bonds is 8. The molecule has 5 heteroatoms. The molecule has 1 rings (SSSR count). The van der Waals surface area contributed by atoms with Crippen LogP contribution in [0.4, 0.5) is 0 Å². The Labute approximate surface area is 107 Å². The fraction of sp³-hybridized carbons (Fsp3) is 0.500. The van der Waals surface area contributed by atoms with Crippen molar-refractivity contribution in [3.05, 3.63) is 28.8 Å². The van der Waals surface area contributed by atoms with Gasteiger partial charge < -0.3 is 19.9 Å². The Morgan fingerprint density at radius 2 is 1.94 bits per heavy atom. The van der Waals surface area contributed by atoms with E-state index in [0.29, 0.717) is 38.0 Å². The first-order valence-electron chi connectivity index (χ1n) is 5.46. The van der Waals surface area contributed by atoms with Crippen molar-refractivity contribution in [2.75, 3.05) is 33.5 Å². The maximum atomic E-state index is 5.91. The molecule has 0 atom stereocenters. The van der Waals surface area contributed by atoms with Crippen molar-refractivity contribution in [2.24, 2.45) is 5.73 Å². The molecule has 0 aliphatic heterocycles. The molecule has 0 radical (unpaired) electrons. The molecule has 0 bridgehead atoms. The van der Waals surface area contributed by atoms with Crippen LogP contribution in [0.1, 0.15) is 5.56 Å². The number of methoxy groups -OCH3 is 1. The Balaban J connectivity index is 2.32. The summed E-state index contributed by atoms with van der Waals surface area (Å²) in [6.07, 6.45) is 0. The van der Waals surface area contributed by atoms with Crippen LogP contribution in [0.5, 0.6) is 5.75 Å². The fourth-order valence-electron chi connectivity index (χ4n) is 1.35. The quantitative estimate of drug-likeness (QED) is 0.724. The van der Waals surface area contributed by atoms with Crippen LogP contribution in [0.25, 0.3) is 0 Å². The first-order valence-corrected chi connectivity index (χ1v) is 5.83. The number of nitrogens with two attached hydrogens (primary N) is 1. The minimum atomic E-state index is 0.454. The minimum absolute atomic E-state index is 0.454. The second kappa shape index (κ2) is 8.31. The number of benzene rings is 1. The van der Waals surface area contributed by atoms with Gasteiger partial charge in [0.1, 0.15) is 5.75 Å². The van der Waals surface area contributed by atoms with Crippen molar-refractivity contribution in [1.82, 2.24) is 0 Å². The molecule has 0 aliphatic rings. The number of hydrogen-bond donors (Lipinski definition) is 1. The predicted molar refractivity (Wildman–Crippen MR) is 67.5 cm³/mol. The van der Waals surface area contributed by atoms with E-state index in [2.05, 4.69) is 0 Å². The van der Waals surface area contributed by atoms with Crippen LogP contribution in [0, 0.1) is 0 Å². The van der Waals surface area contributed by atoms with Gasteiger partial charge in [-0.2, -0.15) is 0 Å². The predicted octanol–water partition coefficient (Wildman–Crippen LogP) is 1.84. The van der Waals surface area contributed by atoms with Gasteiger partial charge in [0.25, 0.3) is 0 Å². The molecule has 0 fully saturated rings. The van der Waals surface area contributed by atoms with Crippen molar-refractivity contribution in [3.8, 4) is 5.75 Å². The van der Waals surface area contributed by atoms with Crippen LogP contribution in [0.2, 0.25) is 5.02 Å². The van der Waals surface area contributed by atoms with E-state index in [1.54, 1.807) is 13.2 Å². The molecule has 4 nitrogen and oxygen atoms in total. The minimum Gasteiger partial charge on any atom is -0.496 e. The van der Waals surface area contributed by atoms with Crippen LogP contribution in [0.3, 0.4) is 0 Å². The normalized spacial score (nSPS) is 10.5. The van der Waals surface area contributed by atoms with E-state index < -0.39 is 0 Å². The Morgan fingerprint density at radius 1 is 1.18 bits per heavy atom. The summed E-state index contributed by atoms with van der Waals surface area (Å²) in [5.41, 5.74) is 6.22. The van der Waals surface area contributed by atoms with Crippen LogP contribution in [-0.4, -0.2) is 33.5 Å². The maximum absolute atomic E-state index is 5.91. The third kappa shape index (κ3) is 5.37. The summed E-state index contributed by atoms with van der Waals surface area (Å²) in [6, 6.07) is 5.45. The van der Waals surface area contributed by atoms with Gasteiger partial charge in [-0.05, 0) is 18.2 Å². The van der Waals surface area contributed by atoms with Gasteiger partial charge in [0.15, 0.2) is 0 Å². The summed E-state index contributed by atoms with van der Waals surface area (Å²) in [6.45, 7) is 2.61. The van der Waals surface area contributed by atoms with E-state index in [4.69, 9.17) is 31.5 Å².